The third kappa shape index (κ3) is 8.06. The lowest BCUT2D eigenvalue weighted by Gasteiger charge is -2.24. The van der Waals surface area contributed by atoms with Crippen LogP contribution < -0.4 is 5.32 Å². The molecule has 2 unspecified atom stereocenters. The van der Waals surface area contributed by atoms with Crippen molar-refractivity contribution in [1.82, 2.24) is 5.32 Å². The molecule has 0 bridgehead atoms. The maximum Gasteiger partial charge on any atom is 0.151 e. The van der Waals surface area contributed by atoms with Crippen LogP contribution in [0.3, 0.4) is 0 Å². The van der Waals surface area contributed by atoms with Crippen molar-refractivity contribution >= 4 is 9.84 Å². The van der Waals surface area contributed by atoms with Crippen molar-refractivity contribution in [2.24, 2.45) is 5.92 Å². The fraction of sp³-hybridized carbons (Fsp3) is 1.00. The van der Waals surface area contributed by atoms with Gasteiger partial charge in [-0.1, -0.05) is 27.2 Å². The van der Waals surface area contributed by atoms with E-state index in [1.807, 2.05) is 0 Å². The van der Waals surface area contributed by atoms with Crippen LogP contribution in [-0.4, -0.2) is 46.2 Å². The number of methoxy groups -OCH3 is 1. The Balaban J connectivity index is 4.35. The van der Waals surface area contributed by atoms with Crippen molar-refractivity contribution in [2.75, 3.05) is 31.8 Å². The Morgan fingerprint density at radius 2 is 1.94 bits per heavy atom. The van der Waals surface area contributed by atoms with Gasteiger partial charge in [0.15, 0.2) is 9.84 Å². The Labute approximate surface area is 112 Å². The molecule has 110 valence electrons. The zero-order valence-corrected chi connectivity index (χ0v) is 13.1. The van der Waals surface area contributed by atoms with Gasteiger partial charge < -0.3 is 10.1 Å². The lowest BCUT2D eigenvalue weighted by molar-refractivity contribution is 0.199. The largest absolute Gasteiger partial charge is 0.385 e. The highest BCUT2D eigenvalue weighted by atomic mass is 32.2. The molecule has 0 aromatic rings. The maximum absolute atomic E-state index is 12.0. The monoisotopic (exact) mass is 279 g/mol. The van der Waals surface area contributed by atoms with Gasteiger partial charge in [0.25, 0.3) is 0 Å². The van der Waals surface area contributed by atoms with E-state index in [9.17, 15) is 8.42 Å². The molecule has 0 aliphatic rings. The zero-order valence-electron chi connectivity index (χ0n) is 12.2. The second-order valence-electron chi connectivity index (χ2n) is 4.91. The van der Waals surface area contributed by atoms with E-state index in [-0.39, 0.29) is 17.5 Å². The first-order chi connectivity index (χ1) is 8.46. The quantitative estimate of drug-likeness (QED) is 0.587. The van der Waals surface area contributed by atoms with E-state index in [4.69, 9.17) is 4.74 Å². The highest BCUT2D eigenvalue weighted by Gasteiger charge is 2.22. The fourth-order valence-corrected chi connectivity index (χ4v) is 3.54. The first-order valence-electron chi connectivity index (χ1n) is 6.89. The molecule has 4 nitrogen and oxygen atoms in total. The topological polar surface area (TPSA) is 55.4 Å². The molecule has 0 amide bonds. The molecular formula is C13H29NO3S. The first kappa shape index (κ1) is 17.9. The number of nitrogens with one attached hydrogen (secondary N) is 1. The lowest BCUT2D eigenvalue weighted by Crippen LogP contribution is -2.41. The molecule has 0 heterocycles. The highest BCUT2D eigenvalue weighted by Crippen LogP contribution is 2.11. The zero-order chi connectivity index (χ0) is 14.0. The average molecular weight is 279 g/mol. The van der Waals surface area contributed by atoms with Gasteiger partial charge in [-0.2, -0.15) is 0 Å². The Bertz CT molecular complexity index is 291. The number of hydrogen-bond donors (Lipinski definition) is 1. The standard InChI is InChI=1S/C13H29NO3S/c1-5-8-14-13(12(3)6-2)11-18(15,16)10-7-9-17-4/h12-14H,5-11H2,1-4H3. The van der Waals surface area contributed by atoms with Crippen LogP contribution in [0.5, 0.6) is 0 Å². The van der Waals surface area contributed by atoms with Gasteiger partial charge >= 0.3 is 0 Å². The molecule has 0 spiro atoms. The molecule has 0 radical (unpaired) electrons. The van der Waals surface area contributed by atoms with Crippen LogP contribution in [0.2, 0.25) is 0 Å². The molecule has 1 N–H and O–H groups in total. The third-order valence-corrected chi connectivity index (χ3v) is 5.00. The van der Waals surface area contributed by atoms with Crippen LogP contribution in [0, 0.1) is 5.92 Å². The molecule has 0 fully saturated rings. The highest BCUT2D eigenvalue weighted by molar-refractivity contribution is 7.91. The molecular weight excluding hydrogens is 250 g/mol. The summed E-state index contributed by atoms with van der Waals surface area (Å²) in [4.78, 5) is 0. The summed E-state index contributed by atoms with van der Waals surface area (Å²) in [6, 6.07) is 0.0718. The summed E-state index contributed by atoms with van der Waals surface area (Å²) in [5.74, 6) is 0.849. The van der Waals surface area contributed by atoms with Crippen LogP contribution in [0.1, 0.15) is 40.0 Å². The van der Waals surface area contributed by atoms with Gasteiger partial charge in [-0.05, 0) is 25.3 Å². The Kier molecular flexibility index (Phi) is 9.68. The first-order valence-corrected chi connectivity index (χ1v) is 8.71. The molecule has 0 aromatic heterocycles. The average Bonchev–Trinajstić information content (AvgIpc) is 2.33. The summed E-state index contributed by atoms with van der Waals surface area (Å²) < 4.78 is 28.9. The molecule has 0 aliphatic heterocycles. The summed E-state index contributed by atoms with van der Waals surface area (Å²) in [5.41, 5.74) is 0. The van der Waals surface area contributed by atoms with Crippen molar-refractivity contribution in [1.29, 1.82) is 0 Å². The van der Waals surface area contributed by atoms with E-state index in [1.165, 1.54) is 0 Å². The molecule has 0 saturated heterocycles. The van der Waals surface area contributed by atoms with Crippen LogP contribution in [-0.2, 0) is 14.6 Å². The molecule has 0 saturated carbocycles. The van der Waals surface area contributed by atoms with E-state index < -0.39 is 9.84 Å². The molecule has 0 aliphatic carbocycles. The number of hydrogen-bond acceptors (Lipinski definition) is 4. The molecule has 5 heteroatoms. The van der Waals surface area contributed by atoms with E-state index in [0.717, 1.165) is 19.4 Å². The number of sulfone groups is 1. The second-order valence-corrected chi connectivity index (χ2v) is 7.14. The minimum Gasteiger partial charge on any atom is -0.385 e. The van der Waals surface area contributed by atoms with Crippen molar-refractivity contribution < 1.29 is 13.2 Å². The van der Waals surface area contributed by atoms with Gasteiger partial charge in [0.1, 0.15) is 0 Å². The van der Waals surface area contributed by atoms with Crippen molar-refractivity contribution in [3.63, 3.8) is 0 Å². The molecule has 2 atom stereocenters. The number of rotatable bonds is 11. The Morgan fingerprint density at radius 3 is 2.44 bits per heavy atom. The second kappa shape index (κ2) is 9.75. The van der Waals surface area contributed by atoms with Gasteiger partial charge in [-0.15, -0.1) is 0 Å². The molecule has 18 heavy (non-hydrogen) atoms. The lowest BCUT2D eigenvalue weighted by atomic mass is 10.0. The predicted octanol–water partition coefficient (Wildman–Crippen LogP) is 1.85. The summed E-state index contributed by atoms with van der Waals surface area (Å²) in [6.45, 7) is 7.69. The van der Waals surface area contributed by atoms with Crippen molar-refractivity contribution in [2.45, 2.75) is 46.1 Å². The maximum atomic E-state index is 12.0. The van der Waals surface area contributed by atoms with E-state index in [0.29, 0.717) is 18.9 Å². The predicted molar refractivity (Wildman–Crippen MR) is 76.7 cm³/mol. The van der Waals surface area contributed by atoms with Crippen molar-refractivity contribution in [3.05, 3.63) is 0 Å². The van der Waals surface area contributed by atoms with Crippen LogP contribution in [0.15, 0.2) is 0 Å². The normalized spacial score (nSPS) is 15.6. The van der Waals surface area contributed by atoms with Crippen LogP contribution in [0.4, 0.5) is 0 Å². The van der Waals surface area contributed by atoms with Gasteiger partial charge in [0.2, 0.25) is 0 Å². The third-order valence-electron chi connectivity index (χ3n) is 3.22. The Hall–Kier alpha value is -0.130. The van der Waals surface area contributed by atoms with Gasteiger partial charge in [0, 0.05) is 19.8 Å². The number of ether oxygens (including phenoxy) is 1. The summed E-state index contributed by atoms with van der Waals surface area (Å²) >= 11 is 0. The van der Waals surface area contributed by atoms with E-state index in [2.05, 4.69) is 26.1 Å². The SMILES string of the molecule is CCCNC(CS(=O)(=O)CCCOC)C(C)CC. The van der Waals surface area contributed by atoms with Gasteiger partial charge in [-0.3, -0.25) is 0 Å². The minimum atomic E-state index is -2.98. The van der Waals surface area contributed by atoms with Crippen molar-refractivity contribution in [3.8, 4) is 0 Å². The summed E-state index contributed by atoms with van der Waals surface area (Å²) in [5, 5.41) is 3.36. The Morgan fingerprint density at radius 1 is 1.28 bits per heavy atom. The van der Waals surface area contributed by atoms with Crippen LogP contribution in [0.25, 0.3) is 0 Å². The molecule has 0 rings (SSSR count). The van der Waals surface area contributed by atoms with Crippen LogP contribution >= 0.6 is 0 Å². The fourth-order valence-electron chi connectivity index (χ4n) is 1.82. The van der Waals surface area contributed by atoms with E-state index in [1.54, 1.807) is 7.11 Å². The summed E-state index contributed by atoms with van der Waals surface area (Å²) in [6.07, 6.45) is 2.60. The smallest absolute Gasteiger partial charge is 0.151 e. The minimum absolute atomic E-state index is 0.0718. The molecule has 0 aromatic carbocycles. The van der Waals surface area contributed by atoms with Gasteiger partial charge in [-0.25, -0.2) is 8.42 Å². The van der Waals surface area contributed by atoms with E-state index >= 15 is 0 Å². The van der Waals surface area contributed by atoms with Gasteiger partial charge in [0.05, 0.1) is 11.5 Å². The summed E-state index contributed by atoms with van der Waals surface area (Å²) in [7, 11) is -1.39.